The number of aromatic nitrogens is 4. The number of hydrogen-bond acceptors (Lipinski definition) is 7. The van der Waals surface area contributed by atoms with Crippen LogP contribution >= 0.6 is 23.1 Å². The molecule has 0 aliphatic heterocycles. The second-order valence-electron chi connectivity index (χ2n) is 7.58. The van der Waals surface area contributed by atoms with Crippen LogP contribution in [0.15, 0.2) is 41.0 Å². The Labute approximate surface area is 188 Å². The van der Waals surface area contributed by atoms with Gasteiger partial charge in [-0.05, 0) is 36.8 Å². The van der Waals surface area contributed by atoms with E-state index in [1.165, 1.54) is 35.3 Å². The third kappa shape index (κ3) is 6.63. The largest absolute Gasteiger partial charge is 0.323 e. The maximum atomic E-state index is 12.2. The maximum absolute atomic E-state index is 12.2. The molecule has 162 valence electrons. The van der Waals surface area contributed by atoms with Crippen LogP contribution in [0.4, 0.5) is 10.8 Å². The molecule has 8 nitrogen and oxygen atoms in total. The number of rotatable bonds is 10. The first-order chi connectivity index (χ1) is 15.0. The molecule has 3 aromatic rings. The summed E-state index contributed by atoms with van der Waals surface area (Å²) in [4.78, 5) is 24.3. The predicted octanol–water partition coefficient (Wildman–Crippen LogP) is 4.10. The summed E-state index contributed by atoms with van der Waals surface area (Å²) in [5.41, 5.74) is 3.14. The van der Waals surface area contributed by atoms with E-state index >= 15 is 0 Å². The van der Waals surface area contributed by atoms with Gasteiger partial charge in [-0.15, -0.1) is 10.2 Å². The highest BCUT2D eigenvalue weighted by Gasteiger charge is 2.22. The standard InChI is InChI=1S/C21H24N6O2S2/c1-14-4-2-3-5-16(14)13-30-21-26-25-20(31-21)24-19(29)9-8-18(28)23-17-10-22-27(12-17)11-15-6-7-15/h2-5,10,12,15H,6-9,11,13H2,1H3,(H,23,28)(H,24,25,29). The molecule has 2 N–H and O–H groups in total. The van der Waals surface area contributed by atoms with Crippen molar-refractivity contribution in [3.05, 3.63) is 47.8 Å². The van der Waals surface area contributed by atoms with Gasteiger partial charge >= 0.3 is 0 Å². The minimum atomic E-state index is -0.258. The van der Waals surface area contributed by atoms with Crippen LogP contribution in [0, 0.1) is 12.8 Å². The quantitative estimate of drug-likeness (QED) is 0.352. The van der Waals surface area contributed by atoms with Crippen LogP contribution in [0.1, 0.15) is 36.8 Å². The van der Waals surface area contributed by atoms with Gasteiger partial charge < -0.3 is 10.6 Å². The minimum Gasteiger partial charge on any atom is -0.323 e. The highest BCUT2D eigenvalue weighted by molar-refractivity contribution is 8.00. The first kappa shape index (κ1) is 21.5. The number of carbonyl (C=O) groups excluding carboxylic acids is 2. The Morgan fingerprint density at radius 3 is 2.71 bits per heavy atom. The number of nitrogens with zero attached hydrogens (tertiary/aromatic N) is 4. The van der Waals surface area contributed by atoms with Gasteiger partial charge in [0, 0.05) is 31.3 Å². The molecule has 1 fully saturated rings. The lowest BCUT2D eigenvalue weighted by Crippen LogP contribution is -2.17. The molecule has 2 heterocycles. The Morgan fingerprint density at radius 1 is 1.16 bits per heavy atom. The van der Waals surface area contributed by atoms with E-state index in [0.717, 1.165) is 16.6 Å². The van der Waals surface area contributed by atoms with E-state index in [0.29, 0.717) is 16.7 Å². The first-order valence-electron chi connectivity index (χ1n) is 10.2. The summed E-state index contributed by atoms with van der Waals surface area (Å²) in [6, 6.07) is 8.21. The van der Waals surface area contributed by atoms with Gasteiger partial charge in [-0.3, -0.25) is 14.3 Å². The molecule has 1 saturated carbocycles. The fourth-order valence-electron chi connectivity index (χ4n) is 2.96. The smallest absolute Gasteiger partial charge is 0.226 e. The van der Waals surface area contributed by atoms with Crippen molar-refractivity contribution in [2.24, 2.45) is 5.92 Å². The fraction of sp³-hybridized carbons (Fsp3) is 0.381. The summed E-state index contributed by atoms with van der Waals surface area (Å²) in [5, 5.41) is 18.3. The van der Waals surface area contributed by atoms with Gasteiger partial charge in [0.05, 0.1) is 11.9 Å². The van der Waals surface area contributed by atoms with Gasteiger partial charge in [-0.25, -0.2) is 0 Å². The average molecular weight is 457 g/mol. The van der Waals surface area contributed by atoms with Crippen molar-refractivity contribution in [3.8, 4) is 0 Å². The number of carbonyl (C=O) groups is 2. The molecule has 0 bridgehead atoms. The van der Waals surface area contributed by atoms with Gasteiger partial charge in [-0.2, -0.15) is 5.10 Å². The summed E-state index contributed by atoms with van der Waals surface area (Å²) < 4.78 is 2.64. The van der Waals surface area contributed by atoms with Crippen molar-refractivity contribution in [2.45, 2.75) is 49.2 Å². The third-order valence-corrected chi connectivity index (χ3v) is 6.92. The van der Waals surface area contributed by atoms with E-state index in [1.54, 1.807) is 18.0 Å². The van der Waals surface area contributed by atoms with Crippen LogP contribution in [0.5, 0.6) is 0 Å². The van der Waals surface area contributed by atoms with Gasteiger partial charge in [-0.1, -0.05) is 47.4 Å². The van der Waals surface area contributed by atoms with Crippen molar-refractivity contribution in [3.63, 3.8) is 0 Å². The molecule has 1 aliphatic carbocycles. The van der Waals surface area contributed by atoms with Gasteiger partial charge in [0.1, 0.15) is 0 Å². The molecule has 10 heteroatoms. The van der Waals surface area contributed by atoms with Crippen LogP contribution in [-0.4, -0.2) is 31.8 Å². The summed E-state index contributed by atoms with van der Waals surface area (Å²) >= 11 is 2.92. The normalized spacial score (nSPS) is 13.2. The average Bonchev–Trinajstić information content (AvgIpc) is 3.27. The summed E-state index contributed by atoms with van der Waals surface area (Å²) in [5.74, 6) is 1.04. The molecule has 2 aromatic heterocycles. The number of aryl methyl sites for hydroxylation is 1. The number of benzene rings is 1. The van der Waals surface area contributed by atoms with Crippen molar-refractivity contribution in [2.75, 3.05) is 10.6 Å². The third-order valence-electron chi connectivity index (χ3n) is 4.90. The van der Waals surface area contributed by atoms with E-state index in [1.807, 2.05) is 23.0 Å². The Morgan fingerprint density at radius 2 is 1.94 bits per heavy atom. The SMILES string of the molecule is Cc1ccccc1CSc1nnc(NC(=O)CCC(=O)Nc2cnn(CC3CC3)c2)s1. The topological polar surface area (TPSA) is 102 Å². The Kier molecular flexibility index (Phi) is 6.98. The summed E-state index contributed by atoms with van der Waals surface area (Å²) in [6.45, 7) is 2.98. The lowest BCUT2D eigenvalue weighted by atomic mass is 10.1. The zero-order valence-electron chi connectivity index (χ0n) is 17.2. The lowest BCUT2D eigenvalue weighted by molar-refractivity contribution is -0.121. The number of amides is 2. The predicted molar refractivity (Wildman–Crippen MR) is 122 cm³/mol. The molecule has 0 unspecified atom stereocenters. The highest BCUT2D eigenvalue weighted by atomic mass is 32.2. The monoisotopic (exact) mass is 456 g/mol. The molecule has 0 atom stereocenters. The molecule has 0 saturated heterocycles. The number of nitrogens with one attached hydrogen (secondary N) is 2. The van der Waals surface area contributed by atoms with E-state index in [9.17, 15) is 9.59 Å². The molecule has 4 rings (SSSR count). The zero-order chi connectivity index (χ0) is 21.6. The Bertz CT molecular complexity index is 1060. The molecule has 31 heavy (non-hydrogen) atoms. The summed E-state index contributed by atoms with van der Waals surface area (Å²) in [6.07, 6.45) is 6.13. The van der Waals surface area contributed by atoms with Crippen molar-refractivity contribution < 1.29 is 9.59 Å². The van der Waals surface area contributed by atoms with Crippen LogP contribution in [-0.2, 0) is 21.9 Å². The zero-order valence-corrected chi connectivity index (χ0v) is 18.8. The minimum absolute atomic E-state index is 0.0767. The van der Waals surface area contributed by atoms with E-state index in [-0.39, 0.29) is 24.7 Å². The number of thioether (sulfide) groups is 1. The molecule has 0 spiro atoms. The van der Waals surface area contributed by atoms with Crippen molar-refractivity contribution in [1.29, 1.82) is 0 Å². The van der Waals surface area contributed by atoms with Gasteiger partial charge in [0.25, 0.3) is 0 Å². The molecule has 1 aromatic carbocycles. The maximum Gasteiger partial charge on any atom is 0.226 e. The number of hydrogen-bond donors (Lipinski definition) is 2. The van der Waals surface area contributed by atoms with Crippen molar-refractivity contribution >= 4 is 45.7 Å². The van der Waals surface area contributed by atoms with Gasteiger partial charge in [0.2, 0.25) is 16.9 Å². The van der Waals surface area contributed by atoms with E-state index in [2.05, 4.69) is 45.0 Å². The fourth-order valence-corrected chi connectivity index (χ4v) is 4.80. The van der Waals surface area contributed by atoms with Crippen molar-refractivity contribution in [1.82, 2.24) is 20.0 Å². The Hall–Kier alpha value is -2.72. The van der Waals surface area contributed by atoms with Crippen LogP contribution in [0.2, 0.25) is 0 Å². The second-order valence-corrected chi connectivity index (χ2v) is 9.78. The molecule has 0 radical (unpaired) electrons. The number of anilines is 2. The van der Waals surface area contributed by atoms with Crippen LogP contribution in [0.25, 0.3) is 0 Å². The molecular formula is C21H24N6O2S2. The Balaban J connectivity index is 1.18. The van der Waals surface area contributed by atoms with Gasteiger partial charge in [0.15, 0.2) is 4.34 Å². The first-order valence-corrected chi connectivity index (χ1v) is 12.0. The lowest BCUT2D eigenvalue weighted by Gasteiger charge is -2.03. The van der Waals surface area contributed by atoms with E-state index in [4.69, 9.17) is 0 Å². The molecule has 2 amide bonds. The van der Waals surface area contributed by atoms with Crippen LogP contribution < -0.4 is 10.6 Å². The molecule has 1 aliphatic rings. The van der Waals surface area contributed by atoms with Crippen LogP contribution in [0.3, 0.4) is 0 Å². The summed E-state index contributed by atoms with van der Waals surface area (Å²) in [7, 11) is 0. The second kappa shape index (κ2) is 10.1. The highest BCUT2D eigenvalue weighted by Crippen LogP contribution is 2.31. The molecular weight excluding hydrogens is 432 g/mol. The van der Waals surface area contributed by atoms with E-state index < -0.39 is 0 Å².